The Morgan fingerprint density at radius 2 is 2.11 bits per heavy atom. The Morgan fingerprint density at radius 1 is 1.32 bits per heavy atom. The van der Waals surface area contributed by atoms with Crippen molar-refractivity contribution in [3.05, 3.63) is 57.0 Å². The maximum Gasteiger partial charge on any atom is 0.255 e. The van der Waals surface area contributed by atoms with Gasteiger partial charge in [0.15, 0.2) is 0 Å². The minimum atomic E-state index is -0.159. The number of aromatic amines is 1. The molecule has 7 heteroatoms. The molecule has 1 amide bonds. The average molecular weight is 382 g/mol. The molecule has 0 spiro atoms. The van der Waals surface area contributed by atoms with Crippen molar-refractivity contribution in [2.75, 3.05) is 31.2 Å². The number of nitrogens with zero attached hydrogens (tertiary/aromatic N) is 2. The second-order valence-electron chi connectivity index (χ2n) is 7.41. The fraction of sp³-hybridized carbons (Fsp3) is 0.476. The average Bonchev–Trinajstić information content (AvgIpc) is 3.11. The molecule has 0 saturated carbocycles. The van der Waals surface area contributed by atoms with E-state index in [1.54, 1.807) is 0 Å². The fourth-order valence-corrected chi connectivity index (χ4v) is 4.03. The van der Waals surface area contributed by atoms with Gasteiger partial charge in [0.1, 0.15) is 0 Å². The van der Waals surface area contributed by atoms with E-state index in [4.69, 9.17) is 4.74 Å². The first-order chi connectivity index (χ1) is 13.6. The van der Waals surface area contributed by atoms with E-state index in [0.717, 1.165) is 12.8 Å². The minimum Gasteiger partial charge on any atom is -0.378 e. The summed E-state index contributed by atoms with van der Waals surface area (Å²) in [5.41, 5.74) is 3.63. The molecule has 0 radical (unpaired) electrons. The summed E-state index contributed by atoms with van der Waals surface area (Å²) in [6.07, 6.45) is 2.59. The van der Waals surface area contributed by atoms with Crippen LogP contribution in [0.3, 0.4) is 0 Å². The van der Waals surface area contributed by atoms with Crippen molar-refractivity contribution in [1.82, 2.24) is 15.3 Å². The zero-order valence-electron chi connectivity index (χ0n) is 16.2. The molecular formula is C21H26N4O3. The van der Waals surface area contributed by atoms with Crippen LogP contribution >= 0.6 is 0 Å². The minimum absolute atomic E-state index is 0.0299. The van der Waals surface area contributed by atoms with Gasteiger partial charge in [-0.05, 0) is 37.3 Å². The van der Waals surface area contributed by atoms with Crippen molar-refractivity contribution in [3.63, 3.8) is 0 Å². The van der Waals surface area contributed by atoms with Crippen LogP contribution in [-0.2, 0) is 22.4 Å². The number of ether oxygens (including phenoxy) is 1. The van der Waals surface area contributed by atoms with Crippen molar-refractivity contribution < 1.29 is 9.53 Å². The number of aryl methyl sites for hydroxylation is 2. The number of amides is 1. The predicted molar refractivity (Wildman–Crippen MR) is 107 cm³/mol. The van der Waals surface area contributed by atoms with Crippen molar-refractivity contribution in [2.24, 2.45) is 0 Å². The molecule has 0 bridgehead atoms. The van der Waals surface area contributed by atoms with Gasteiger partial charge in [0, 0.05) is 30.8 Å². The molecule has 2 N–H and O–H groups in total. The number of aromatic nitrogens is 2. The maximum atomic E-state index is 12.5. The zero-order valence-corrected chi connectivity index (χ0v) is 16.2. The Bertz CT molecular complexity index is 918. The number of H-pyrrole nitrogens is 1. The van der Waals surface area contributed by atoms with Crippen molar-refractivity contribution in [1.29, 1.82) is 0 Å². The third-order valence-corrected chi connectivity index (χ3v) is 5.59. The molecule has 1 atom stereocenters. The Morgan fingerprint density at radius 3 is 2.89 bits per heavy atom. The van der Waals surface area contributed by atoms with E-state index in [1.807, 2.05) is 24.0 Å². The van der Waals surface area contributed by atoms with E-state index >= 15 is 0 Å². The fourth-order valence-electron chi connectivity index (χ4n) is 4.03. The summed E-state index contributed by atoms with van der Waals surface area (Å²) in [7, 11) is 0. The highest BCUT2D eigenvalue weighted by molar-refractivity contribution is 5.77. The van der Waals surface area contributed by atoms with E-state index in [1.165, 1.54) is 11.1 Å². The number of rotatable bonds is 5. The molecule has 28 heavy (non-hydrogen) atoms. The molecule has 1 aliphatic carbocycles. The SMILES string of the molecule is Cc1nc(N2CCOCC2)[nH]c(=O)c1CCC(=O)NC1CCc2ccccc21. The topological polar surface area (TPSA) is 87.3 Å². The lowest BCUT2D eigenvalue weighted by atomic mass is 10.1. The van der Waals surface area contributed by atoms with Gasteiger partial charge in [0.2, 0.25) is 11.9 Å². The summed E-state index contributed by atoms with van der Waals surface area (Å²) in [5, 5.41) is 3.11. The zero-order chi connectivity index (χ0) is 19.5. The second kappa shape index (κ2) is 8.14. The van der Waals surface area contributed by atoms with Crippen LogP contribution in [0.1, 0.15) is 41.3 Å². The summed E-state index contributed by atoms with van der Waals surface area (Å²) in [6.45, 7) is 4.53. The quantitative estimate of drug-likeness (QED) is 0.821. The lowest BCUT2D eigenvalue weighted by Gasteiger charge is -2.27. The molecule has 1 fully saturated rings. The van der Waals surface area contributed by atoms with Gasteiger partial charge < -0.3 is 15.0 Å². The number of morpholine rings is 1. The van der Waals surface area contributed by atoms with Crippen LogP contribution in [0.5, 0.6) is 0 Å². The van der Waals surface area contributed by atoms with Gasteiger partial charge in [0.25, 0.3) is 5.56 Å². The monoisotopic (exact) mass is 382 g/mol. The number of anilines is 1. The molecule has 1 saturated heterocycles. The van der Waals surface area contributed by atoms with Gasteiger partial charge in [-0.15, -0.1) is 0 Å². The highest BCUT2D eigenvalue weighted by Crippen LogP contribution is 2.30. The standard InChI is InChI=1S/C21H26N4O3/c1-14-16(20(27)24-21(22-14)25-10-12-28-13-11-25)7-9-19(26)23-18-8-6-15-4-2-3-5-17(15)18/h2-5,18H,6-13H2,1H3,(H,23,26)(H,22,24,27). The van der Waals surface area contributed by atoms with Crippen LogP contribution in [0.4, 0.5) is 5.95 Å². The van der Waals surface area contributed by atoms with Gasteiger partial charge in [-0.1, -0.05) is 24.3 Å². The van der Waals surface area contributed by atoms with Gasteiger partial charge in [0.05, 0.1) is 19.3 Å². The third-order valence-electron chi connectivity index (χ3n) is 5.59. The molecule has 7 nitrogen and oxygen atoms in total. The number of carbonyl (C=O) groups is 1. The molecule has 1 aromatic carbocycles. The van der Waals surface area contributed by atoms with Crippen LogP contribution in [0.2, 0.25) is 0 Å². The normalized spacial score (nSPS) is 18.8. The van der Waals surface area contributed by atoms with E-state index < -0.39 is 0 Å². The second-order valence-corrected chi connectivity index (χ2v) is 7.41. The molecule has 2 heterocycles. The van der Waals surface area contributed by atoms with E-state index in [-0.39, 0.29) is 23.9 Å². The predicted octanol–water partition coefficient (Wildman–Crippen LogP) is 1.65. The lowest BCUT2D eigenvalue weighted by Crippen LogP contribution is -2.38. The molecular weight excluding hydrogens is 356 g/mol. The van der Waals surface area contributed by atoms with Crippen LogP contribution in [0.15, 0.2) is 29.1 Å². The van der Waals surface area contributed by atoms with Gasteiger partial charge in [-0.25, -0.2) is 4.98 Å². The van der Waals surface area contributed by atoms with Crippen LogP contribution < -0.4 is 15.8 Å². The first-order valence-electron chi connectivity index (χ1n) is 9.91. The van der Waals surface area contributed by atoms with Crippen molar-refractivity contribution >= 4 is 11.9 Å². The molecule has 1 unspecified atom stereocenters. The highest BCUT2D eigenvalue weighted by atomic mass is 16.5. The number of carbonyl (C=O) groups excluding carboxylic acids is 1. The van der Waals surface area contributed by atoms with Gasteiger partial charge >= 0.3 is 0 Å². The summed E-state index contributed by atoms with van der Waals surface area (Å²) >= 11 is 0. The Hall–Kier alpha value is -2.67. The molecule has 1 aromatic heterocycles. The molecule has 2 aliphatic rings. The first-order valence-corrected chi connectivity index (χ1v) is 9.91. The number of fused-ring (bicyclic) bond motifs is 1. The highest BCUT2D eigenvalue weighted by Gasteiger charge is 2.23. The maximum absolute atomic E-state index is 12.5. The number of nitrogens with one attached hydrogen (secondary N) is 2. The Kier molecular flexibility index (Phi) is 5.43. The summed E-state index contributed by atoms with van der Waals surface area (Å²) < 4.78 is 5.34. The summed E-state index contributed by atoms with van der Waals surface area (Å²) in [5.74, 6) is 0.555. The van der Waals surface area contributed by atoms with E-state index in [9.17, 15) is 9.59 Å². The van der Waals surface area contributed by atoms with Crippen LogP contribution in [-0.4, -0.2) is 42.2 Å². The lowest BCUT2D eigenvalue weighted by molar-refractivity contribution is -0.121. The smallest absolute Gasteiger partial charge is 0.255 e. The van der Waals surface area contributed by atoms with Crippen LogP contribution in [0.25, 0.3) is 0 Å². The first kappa shape index (κ1) is 18.7. The number of hydrogen-bond acceptors (Lipinski definition) is 5. The number of benzene rings is 1. The molecule has 1 aliphatic heterocycles. The third kappa shape index (κ3) is 3.94. The molecule has 4 rings (SSSR count). The Balaban J connectivity index is 1.38. The molecule has 148 valence electrons. The van der Waals surface area contributed by atoms with Crippen molar-refractivity contribution in [2.45, 2.75) is 38.6 Å². The summed E-state index contributed by atoms with van der Waals surface area (Å²) in [4.78, 5) is 34.4. The van der Waals surface area contributed by atoms with E-state index in [0.29, 0.717) is 49.9 Å². The Labute approximate surface area is 164 Å². The van der Waals surface area contributed by atoms with Crippen LogP contribution in [0, 0.1) is 6.92 Å². The summed E-state index contributed by atoms with van der Waals surface area (Å²) in [6, 6.07) is 8.31. The van der Waals surface area contributed by atoms with Gasteiger partial charge in [-0.2, -0.15) is 0 Å². The van der Waals surface area contributed by atoms with Gasteiger partial charge in [-0.3, -0.25) is 14.6 Å². The van der Waals surface area contributed by atoms with E-state index in [2.05, 4.69) is 27.4 Å². The number of hydrogen-bond donors (Lipinski definition) is 2. The largest absolute Gasteiger partial charge is 0.378 e. The van der Waals surface area contributed by atoms with Crippen molar-refractivity contribution in [3.8, 4) is 0 Å². The molecule has 2 aromatic rings.